The number of carbonyl (C=O) groups is 1. The maximum absolute atomic E-state index is 13.3. The predicted molar refractivity (Wildman–Crippen MR) is 106 cm³/mol. The van der Waals surface area contributed by atoms with E-state index in [0.29, 0.717) is 10.8 Å². The lowest BCUT2D eigenvalue weighted by Crippen LogP contribution is -2.32. The second-order valence-corrected chi connectivity index (χ2v) is 7.31. The average molecular weight is 404 g/mol. The minimum absolute atomic E-state index is 0.159. The number of aryl methyl sites for hydroxylation is 2. The molecule has 0 aliphatic heterocycles. The summed E-state index contributed by atoms with van der Waals surface area (Å²) >= 11 is 6.22. The fraction of sp³-hybridized carbons (Fsp3) is 0.350. The first-order valence-corrected chi connectivity index (χ1v) is 9.39. The van der Waals surface area contributed by atoms with Crippen LogP contribution in [0.15, 0.2) is 36.7 Å². The van der Waals surface area contributed by atoms with Crippen LogP contribution in [0.3, 0.4) is 0 Å². The fourth-order valence-corrected chi connectivity index (χ4v) is 3.38. The quantitative estimate of drug-likeness (QED) is 0.679. The van der Waals surface area contributed by atoms with E-state index in [9.17, 15) is 9.18 Å². The molecule has 3 aromatic rings. The van der Waals surface area contributed by atoms with E-state index in [1.807, 2.05) is 32.4 Å². The number of halogens is 2. The molecule has 3 rings (SSSR count). The lowest BCUT2D eigenvalue weighted by atomic mass is 10.1. The number of benzene rings is 1. The molecule has 0 saturated carbocycles. The summed E-state index contributed by atoms with van der Waals surface area (Å²) in [6.45, 7) is 5.64. The van der Waals surface area contributed by atoms with Crippen LogP contribution in [0.1, 0.15) is 48.2 Å². The van der Waals surface area contributed by atoms with Gasteiger partial charge in [0.2, 0.25) is 5.91 Å². The molecule has 1 N–H and O–H groups in total. The number of hydrogen-bond donors (Lipinski definition) is 1. The number of hydrogen-bond acceptors (Lipinski definition) is 3. The molecule has 0 bridgehead atoms. The van der Waals surface area contributed by atoms with Gasteiger partial charge < -0.3 is 9.88 Å². The molecule has 148 valence electrons. The summed E-state index contributed by atoms with van der Waals surface area (Å²) in [5.41, 5.74) is 2.33. The monoisotopic (exact) mass is 403 g/mol. The van der Waals surface area contributed by atoms with Gasteiger partial charge in [-0.05, 0) is 38.5 Å². The van der Waals surface area contributed by atoms with Crippen molar-refractivity contribution >= 4 is 17.5 Å². The molecule has 0 saturated heterocycles. The van der Waals surface area contributed by atoms with E-state index >= 15 is 0 Å². The van der Waals surface area contributed by atoms with Gasteiger partial charge in [-0.2, -0.15) is 5.10 Å². The maximum atomic E-state index is 13.3. The molecule has 2 aromatic heterocycles. The number of amides is 1. The topological polar surface area (TPSA) is 64.7 Å². The van der Waals surface area contributed by atoms with Crippen LogP contribution in [0.2, 0.25) is 5.02 Å². The number of imidazole rings is 1. The van der Waals surface area contributed by atoms with Crippen LogP contribution in [0, 0.1) is 19.7 Å². The lowest BCUT2D eigenvalue weighted by Gasteiger charge is -2.21. The van der Waals surface area contributed by atoms with Crippen molar-refractivity contribution in [3.05, 3.63) is 70.3 Å². The molecule has 0 fully saturated rings. The molecule has 28 heavy (non-hydrogen) atoms. The van der Waals surface area contributed by atoms with Crippen molar-refractivity contribution in [2.75, 3.05) is 0 Å². The van der Waals surface area contributed by atoms with Crippen molar-refractivity contribution in [3.8, 4) is 0 Å². The summed E-state index contributed by atoms with van der Waals surface area (Å²) in [5.74, 6) is 0.180. The van der Waals surface area contributed by atoms with Crippen molar-refractivity contribution in [1.29, 1.82) is 0 Å². The first-order valence-electron chi connectivity index (χ1n) is 9.01. The zero-order chi connectivity index (χ0) is 20.4. The van der Waals surface area contributed by atoms with Crippen LogP contribution in [0.5, 0.6) is 0 Å². The van der Waals surface area contributed by atoms with Crippen molar-refractivity contribution in [1.82, 2.24) is 24.6 Å². The van der Waals surface area contributed by atoms with Crippen LogP contribution < -0.4 is 5.32 Å². The van der Waals surface area contributed by atoms with E-state index in [-0.39, 0.29) is 24.2 Å². The Bertz CT molecular complexity index is 979. The Hall–Kier alpha value is -2.67. The number of rotatable bonds is 6. The Labute approximate surface area is 168 Å². The Morgan fingerprint density at radius 2 is 1.96 bits per heavy atom. The molecule has 0 radical (unpaired) electrons. The SMILES string of the molecule is Cc1nn([C@H](C)CC(=O)N[C@H](c2ccc(F)cc2)c2nccn2C)c(C)c1Cl. The molecule has 0 unspecified atom stereocenters. The Balaban J connectivity index is 1.80. The van der Waals surface area contributed by atoms with Crippen LogP contribution in [0.4, 0.5) is 4.39 Å². The van der Waals surface area contributed by atoms with E-state index in [4.69, 9.17) is 11.6 Å². The summed E-state index contributed by atoms with van der Waals surface area (Å²) in [6, 6.07) is 5.40. The third-order valence-corrected chi connectivity index (χ3v) is 5.31. The van der Waals surface area contributed by atoms with Gasteiger partial charge in [0.05, 0.1) is 22.5 Å². The van der Waals surface area contributed by atoms with E-state index in [1.54, 1.807) is 29.2 Å². The number of carbonyl (C=O) groups excluding carboxylic acids is 1. The van der Waals surface area contributed by atoms with Gasteiger partial charge in [-0.25, -0.2) is 9.37 Å². The molecular formula is C20H23ClFN5O. The van der Waals surface area contributed by atoms with E-state index in [1.165, 1.54) is 12.1 Å². The molecule has 0 aliphatic carbocycles. The average Bonchev–Trinajstić information content (AvgIpc) is 3.19. The lowest BCUT2D eigenvalue weighted by molar-refractivity contribution is -0.122. The third kappa shape index (κ3) is 4.09. The highest BCUT2D eigenvalue weighted by molar-refractivity contribution is 6.31. The molecule has 2 atom stereocenters. The summed E-state index contributed by atoms with van der Waals surface area (Å²) in [6.07, 6.45) is 3.69. The fourth-order valence-electron chi connectivity index (χ4n) is 3.25. The number of nitrogens with one attached hydrogen (secondary N) is 1. The molecule has 2 heterocycles. The predicted octanol–water partition coefficient (Wildman–Crippen LogP) is 3.88. The molecule has 8 heteroatoms. The van der Waals surface area contributed by atoms with Gasteiger partial charge in [0.15, 0.2) is 0 Å². The Morgan fingerprint density at radius 1 is 1.29 bits per heavy atom. The van der Waals surface area contributed by atoms with Gasteiger partial charge in [-0.3, -0.25) is 9.48 Å². The highest BCUT2D eigenvalue weighted by Crippen LogP contribution is 2.25. The Kier molecular flexibility index (Phi) is 5.84. The molecular weight excluding hydrogens is 381 g/mol. The second-order valence-electron chi connectivity index (χ2n) is 6.93. The summed E-state index contributed by atoms with van der Waals surface area (Å²) in [7, 11) is 1.85. The minimum atomic E-state index is -0.482. The smallest absolute Gasteiger partial charge is 0.222 e. The zero-order valence-electron chi connectivity index (χ0n) is 16.3. The molecule has 1 aromatic carbocycles. The molecule has 1 amide bonds. The number of aromatic nitrogens is 4. The molecule has 0 spiro atoms. The normalized spacial score (nSPS) is 13.4. The first-order chi connectivity index (χ1) is 13.3. The molecule has 6 nitrogen and oxygen atoms in total. The van der Waals surface area contributed by atoms with Crippen molar-refractivity contribution < 1.29 is 9.18 Å². The van der Waals surface area contributed by atoms with Crippen molar-refractivity contribution in [2.24, 2.45) is 7.05 Å². The zero-order valence-corrected chi connectivity index (χ0v) is 17.0. The minimum Gasteiger partial charge on any atom is -0.342 e. The van der Waals surface area contributed by atoms with Crippen LogP contribution in [-0.2, 0) is 11.8 Å². The van der Waals surface area contributed by atoms with Gasteiger partial charge in [-0.1, -0.05) is 23.7 Å². The summed E-state index contributed by atoms with van der Waals surface area (Å²) in [4.78, 5) is 17.1. The van der Waals surface area contributed by atoms with Gasteiger partial charge in [0.25, 0.3) is 0 Å². The third-order valence-electron chi connectivity index (χ3n) is 4.76. The maximum Gasteiger partial charge on any atom is 0.222 e. The van der Waals surface area contributed by atoms with Crippen LogP contribution in [-0.4, -0.2) is 25.2 Å². The van der Waals surface area contributed by atoms with E-state index in [2.05, 4.69) is 15.4 Å². The van der Waals surface area contributed by atoms with Crippen molar-refractivity contribution in [2.45, 2.75) is 39.3 Å². The van der Waals surface area contributed by atoms with Crippen LogP contribution in [0.25, 0.3) is 0 Å². The van der Waals surface area contributed by atoms with Gasteiger partial charge >= 0.3 is 0 Å². The largest absolute Gasteiger partial charge is 0.342 e. The van der Waals surface area contributed by atoms with Gasteiger partial charge in [-0.15, -0.1) is 0 Å². The summed E-state index contributed by atoms with van der Waals surface area (Å²) < 4.78 is 16.9. The highest BCUT2D eigenvalue weighted by Gasteiger charge is 2.23. The Morgan fingerprint density at radius 3 is 2.50 bits per heavy atom. The van der Waals surface area contributed by atoms with Gasteiger partial charge in [0, 0.05) is 25.9 Å². The van der Waals surface area contributed by atoms with Gasteiger partial charge in [0.1, 0.15) is 17.7 Å². The number of nitrogens with zero attached hydrogens (tertiary/aromatic N) is 4. The van der Waals surface area contributed by atoms with E-state index < -0.39 is 6.04 Å². The first kappa shape index (κ1) is 20.1. The highest BCUT2D eigenvalue weighted by atomic mass is 35.5. The standard InChI is InChI=1S/C20H23ClFN5O/c1-12(27-14(3)18(21)13(2)25-27)11-17(28)24-19(20-23-9-10-26(20)4)15-5-7-16(22)8-6-15/h5-10,12,19H,11H2,1-4H3,(H,24,28)/t12-,19-/m1/s1. The van der Waals surface area contributed by atoms with E-state index in [0.717, 1.165) is 17.0 Å². The molecule has 0 aliphatic rings. The second kappa shape index (κ2) is 8.14. The summed E-state index contributed by atoms with van der Waals surface area (Å²) in [5, 5.41) is 8.05. The van der Waals surface area contributed by atoms with Crippen molar-refractivity contribution in [3.63, 3.8) is 0 Å². The van der Waals surface area contributed by atoms with Crippen LogP contribution >= 0.6 is 11.6 Å².